The average Bonchev–Trinajstić information content (AvgIpc) is 3.06. The van der Waals surface area contributed by atoms with Crippen LogP contribution in [-0.4, -0.2) is 33.3 Å². The van der Waals surface area contributed by atoms with Gasteiger partial charge in [0.15, 0.2) is 6.04 Å². The molecule has 0 aliphatic heterocycles. The number of carbonyl (C=O) groups is 1. The molecule has 0 saturated carbocycles. The van der Waals surface area contributed by atoms with E-state index in [0.29, 0.717) is 23.2 Å². The first-order chi connectivity index (χ1) is 23.0. The van der Waals surface area contributed by atoms with Crippen LogP contribution in [0.25, 0.3) is 5.57 Å². The van der Waals surface area contributed by atoms with Gasteiger partial charge in [-0.25, -0.2) is 0 Å². The first kappa shape index (κ1) is 34.9. The quantitative estimate of drug-likeness (QED) is 0.158. The predicted molar refractivity (Wildman–Crippen MR) is 203 cm³/mol. The van der Waals surface area contributed by atoms with Crippen molar-refractivity contribution in [3.05, 3.63) is 130 Å². The molecule has 0 saturated heterocycles. The number of benzene rings is 3. The molecule has 3 aromatic rings. The molecule has 0 bridgehead atoms. The zero-order chi connectivity index (χ0) is 34.5. The summed E-state index contributed by atoms with van der Waals surface area (Å²) in [6.45, 7) is 17.6. The summed E-state index contributed by atoms with van der Waals surface area (Å²) in [5.41, 5.74) is 11.8. The van der Waals surface area contributed by atoms with Gasteiger partial charge in [0.05, 0.1) is 11.1 Å². The van der Waals surface area contributed by atoms with Crippen LogP contribution in [0.4, 0.5) is 17.1 Å². The number of aliphatic hydroxyl groups is 1. The van der Waals surface area contributed by atoms with E-state index in [4.69, 9.17) is 0 Å². The number of ketones is 1. The van der Waals surface area contributed by atoms with E-state index in [2.05, 4.69) is 126 Å². The van der Waals surface area contributed by atoms with E-state index in [9.17, 15) is 9.90 Å². The number of Topliss-reactive ketones (excluding diaryl/α,β-unsaturated/α-hetero) is 1. The third kappa shape index (κ3) is 7.18. The molecule has 0 fully saturated rings. The van der Waals surface area contributed by atoms with Crippen molar-refractivity contribution < 1.29 is 14.5 Å². The molecule has 1 N–H and O–H groups in total. The lowest BCUT2D eigenvalue weighted by Gasteiger charge is -2.33. The normalized spacial score (nSPS) is 15.6. The van der Waals surface area contributed by atoms with Crippen molar-refractivity contribution in [2.75, 3.05) is 4.90 Å². The highest BCUT2D eigenvalue weighted by atomic mass is 16.3. The number of unbranched alkanes of at least 4 members (excludes halogenated alkanes) is 2. The SMILES string of the molecule is CCCCC(C)N(c1ccc(C2=C(O)C(=C3C=CC(=[N+](c4ccc(C)cc4C)C(C)CCCC)C=C3)C2=O)cc1)c1ccc(C)cc1C. The van der Waals surface area contributed by atoms with Gasteiger partial charge in [0.2, 0.25) is 17.2 Å². The number of aliphatic hydroxyl groups excluding tert-OH is 1. The zero-order valence-corrected chi connectivity index (χ0v) is 30.2. The average molecular weight is 642 g/mol. The van der Waals surface area contributed by atoms with E-state index in [0.717, 1.165) is 61.1 Å². The summed E-state index contributed by atoms with van der Waals surface area (Å²) < 4.78 is 2.41. The van der Waals surface area contributed by atoms with Gasteiger partial charge in [-0.2, -0.15) is 4.58 Å². The van der Waals surface area contributed by atoms with E-state index in [-0.39, 0.29) is 11.5 Å². The summed E-state index contributed by atoms with van der Waals surface area (Å²) in [6.07, 6.45) is 14.9. The maximum absolute atomic E-state index is 13.6. The minimum absolute atomic E-state index is 0.0746. The summed E-state index contributed by atoms with van der Waals surface area (Å²) in [4.78, 5) is 16.0. The number of anilines is 2. The van der Waals surface area contributed by atoms with Crippen LogP contribution in [-0.2, 0) is 4.79 Å². The smallest absolute Gasteiger partial charge is 0.208 e. The Labute approximate surface area is 288 Å². The number of hydrogen-bond acceptors (Lipinski definition) is 3. The second kappa shape index (κ2) is 15.2. The molecular formula is C44H53N2O2+. The number of aryl methyl sites for hydroxylation is 4. The van der Waals surface area contributed by atoms with Gasteiger partial charge in [0.1, 0.15) is 5.76 Å². The Hall–Kier alpha value is -4.44. The molecule has 0 spiro atoms. The van der Waals surface area contributed by atoms with Crippen molar-refractivity contribution in [1.82, 2.24) is 0 Å². The highest BCUT2D eigenvalue weighted by molar-refractivity contribution is 6.39. The molecule has 5 rings (SSSR count). The van der Waals surface area contributed by atoms with Crippen molar-refractivity contribution >= 4 is 34.1 Å². The molecule has 3 aromatic carbocycles. The summed E-state index contributed by atoms with van der Waals surface area (Å²) in [5.74, 6) is -0.0382. The minimum Gasteiger partial charge on any atom is -0.506 e. The third-order valence-electron chi connectivity index (χ3n) is 9.85. The Balaban J connectivity index is 1.45. The van der Waals surface area contributed by atoms with Gasteiger partial charge < -0.3 is 10.0 Å². The highest BCUT2D eigenvalue weighted by Gasteiger charge is 2.37. The molecule has 48 heavy (non-hydrogen) atoms. The highest BCUT2D eigenvalue weighted by Crippen LogP contribution is 2.40. The number of nitrogens with zero attached hydrogens (tertiary/aromatic N) is 2. The molecule has 2 atom stereocenters. The van der Waals surface area contributed by atoms with Crippen LogP contribution < -0.4 is 4.90 Å². The van der Waals surface area contributed by atoms with Crippen molar-refractivity contribution in [1.29, 1.82) is 0 Å². The van der Waals surface area contributed by atoms with Crippen LogP contribution >= 0.6 is 0 Å². The number of hydrogen-bond donors (Lipinski definition) is 1. The Bertz CT molecular complexity index is 1820. The number of carbonyl (C=O) groups excluding carboxylic acids is 1. The molecule has 250 valence electrons. The molecule has 2 unspecified atom stereocenters. The summed E-state index contributed by atoms with van der Waals surface area (Å²) in [5, 5.41) is 11.3. The molecule has 0 aromatic heterocycles. The standard InChI is InChI=1S/C44H52N2O2/c1-9-11-13-33(7)45(39-25-15-29(3)27-31(39)5)37-21-17-35(18-22-37)41-43(47)42(44(41)48)36-19-23-38(24-20-36)46(34(8)14-12-10-2)40-26-16-30(4)28-32(40)6/h15-28,33-34H,9-14H2,1-8H3/p+1. The van der Waals surface area contributed by atoms with Crippen molar-refractivity contribution in [3.63, 3.8) is 0 Å². The third-order valence-corrected chi connectivity index (χ3v) is 9.85. The lowest BCUT2D eigenvalue weighted by atomic mass is 9.80. The molecule has 0 amide bonds. The van der Waals surface area contributed by atoms with Crippen molar-refractivity contribution in [2.24, 2.45) is 0 Å². The molecule has 0 heterocycles. The summed E-state index contributed by atoms with van der Waals surface area (Å²) in [7, 11) is 0. The van der Waals surface area contributed by atoms with Crippen LogP contribution in [0.5, 0.6) is 0 Å². The van der Waals surface area contributed by atoms with Gasteiger partial charge in [-0.15, -0.1) is 0 Å². The summed E-state index contributed by atoms with van der Waals surface area (Å²) in [6, 6.07) is 22.0. The summed E-state index contributed by atoms with van der Waals surface area (Å²) >= 11 is 0. The monoisotopic (exact) mass is 641 g/mol. The molecule has 4 heteroatoms. The van der Waals surface area contributed by atoms with Crippen molar-refractivity contribution in [3.8, 4) is 0 Å². The van der Waals surface area contributed by atoms with Crippen LogP contribution in [0.2, 0.25) is 0 Å². The fourth-order valence-electron chi connectivity index (χ4n) is 7.19. The lowest BCUT2D eigenvalue weighted by Crippen LogP contribution is -2.29. The topological polar surface area (TPSA) is 43.5 Å². The number of allylic oxidation sites excluding steroid dienone is 7. The van der Waals surface area contributed by atoms with Gasteiger partial charge in [-0.05, 0) is 108 Å². The van der Waals surface area contributed by atoms with Crippen LogP contribution in [0.15, 0.2) is 102 Å². The van der Waals surface area contributed by atoms with Crippen molar-refractivity contribution in [2.45, 2.75) is 106 Å². The molecule has 2 aliphatic carbocycles. The van der Waals surface area contributed by atoms with E-state index < -0.39 is 0 Å². The largest absolute Gasteiger partial charge is 0.506 e. The van der Waals surface area contributed by atoms with E-state index >= 15 is 0 Å². The Kier molecular flexibility index (Phi) is 11.0. The first-order valence-corrected chi connectivity index (χ1v) is 17.8. The molecular weight excluding hydrogens is 588 g/mol. The molecule has 2 aliphatic rings. The van der Waals surface area contributed by atoms with Gasteiger partial charge in [0, 0.05) is 47.6 Å². The molecule has 4 nitrogen and oxygen atoms in total. The van der Waals surface area contributed by atoms with Gasteiger partial charge in [-0.1, -0.05) is 74.6 Å². The Morgan fingerprint density at radius 2 is 1.33 bits per heavy atom. The van der Waals surface area contributed by atoms with Gasteiger partial charge >= 0.3 is 0 Å². The van der Waals surface area contributed by atoms with Gasteiger partial charge in [0.25, 0.3) is 0 Å². The van der Waals surface area contributed by atoms with E-state index in [1.165, 1.54) is 33.6 Å². The predicted octanol–water partition coefficient (Wildman–Crippen LogP) is 11.3. The minimum atomic E-state index is -0.113. The maximum atomic E-state index is 13.6. The van der Waals surface area contributed by atoms with Crippen LogP contribution in [0.3, 0.4) is 0 Å². The lowest BCUT2D eigenvalue weighted by molar-refractivity contribution is -0.480. The fourth-order valence-corrected chi connectivity index (χ4v) is 7.19. The van der Waals surface area contributed by atoms with Crippen LogP contribution in [0.1, 0.15) is 94.0 Å². The second-order valence-electron chi connectivity index (χ2n) is 13.8. The molecule has 0 radical (unpaired) electrons. The Morgan fingerprint density at radius 1 is 0.729 bits per heavy atom. The Morgan fingerprint density at radius 3 is 1.92 bits per heavy atom. The van der Waals surface area contributed by atoms with Crippen LogP contribution in [0, 0.1) is 27.7 Å². The van der Waals surface area contributed by atoms with E-state index in [1.54, 1.807) is 0 Å². The first-order valence-electron chi connectivity index (χ1n) is 17.8. The fraction of sp³-hybridized carbons (Fsp3) is 0.364. The maximum Gasteiger partial charge on any atom is 0.208 e. The zero-order valence-electron chi connectivity index (χ0n) is 30.2. The van der Waals surface area contributed by atoms with Gasteiger partial charge in [-0.3, -0.25) is 4.79 Å². The van der Waals surface area contributed by atoms with E-state index in [1.807, 2.05) is 24.3 Å². The second-order valence-corrected chi connectivity index (χ2v) is 13.8. The number of rotatable bonds is 12.